The van der Waals surface area contributed by atoms with Gasteiger partial charge in [-0.3, -0.25) is 9.69 Å². The molecule has 1 fully saturated rings. The number of piperidine rings is 1. The van der Waals surface area contributed by atoms with Crippen LogP contribution in [0.25, 0.3) is 0 Å². The highest BCUT2D eigenvalue weighted by Crippen LogP contribution is 2.19. The Hall–Kier alpha value is -1.88. The molecule has 2 N–H and O–H groups in total. The van der Waals surface area contributed by atoms with Gasteiger partial charge in [0.25, 0.3) is 0 Å². The van der Waals surface area contributed by atoms with Gasteiger partial charge in [0.15, 0.2) is 0 Å². The molecule has 1 saturated heterocycles. The molecule has 10 heteroatoms. The summed E-state index contributed by atoms with van der Waals surface area (Å²) in [5, 5.41) is 4.07. The molecule has 1 aliphatic rings. The first kappa shape index (κ1) is 19.9. The van der Waals surface area contributed by atoms with Gasteiger partial charge in [0, 0.05) is 25.2 Å². The number of rotatable bonds is 6. The molecule has 0 atom stereocenters. The maximum absolute atomic E-state index is 13.6. The van der Waals surface area contributed by atoms with E-state index in [4.69, 9.17) is 0 Å². The molecule has 2 heterocycles. The summed E-state index contributed by atoms with van der Waals surface area (Å²) in [5.41, 5.74) is -0.196. The minimum absolute atomic E-state index is 0.0281. The number of likely N-dealkylation sites (tertiary alicyclic amines) is 1. The number of carbonyl (C=O) groups excluding carboxylic acids is 1. The summed E-state index contributed by atoms with van der Waals surface area (Å²) < 4.78 is 54.2. The second-order valence-corrected chi connectivity index (χ2v) is 9.16. The highest BCUT2D eigenvalue weighted by molar-refractivity contribution is 7.91. The van der Waals surface area contributed by atoms with Crippen LogP contribution in [0.15, 0.2) is 39.9 Å². The van der Waals surface area contributed by atoms with Crippen LogP contribution in [-0.2, 0) is 14.8 Å². The molecule has 0 bridgehead atoms. The fourth-order valence-corrected chi connectivity index (χ4v) is 5.20. The number of anilines is 1. The zero-order valence-electron chi connectivity index (χ0n) is 14.3. The van der Waals surface area contributed by atoms with Crippen molar-refractivity contribution >= 4 is 33.0 Å². The van der Waals surface area contributed by atoms with E-state index in [2.05, 4.69) is 10.0 Å². The number of hydrogen-bond acceptors (Lipinski definition) is 5. The largest absolute Gasteiger partial charge is 0.322 e. The lowest BCUT2D eigenvalue weighted by Crippen LogP contribution is -2.46. The van der Waals surface area contributed by atoms with Crippen molar-refractivity contribution in [2.45, 2.75) is 23.1 Å². The van der Waals surface area contributed by atoms with E-state index in [1.54, 1.807) is 17.5 Å². The zero-order valence-corrected chi connectivity index (χ0v) is 16.0. The Kier molecular flexibility index (Phi) is 6.20. The summed E-state index contributed by atoms with van der Waals surface area (Å²) in [4.78, 5) is 13.9. The number of sulfonamides is 1. The molecule has 1 amide bonds. The predicted molar refractivity (Wildman–Crippen MR) is 99.1 cm³/mol. The van der Waals surface area contributed by atoms with Crippen LogP contribution in [0, 0.1) is 11.6 Å². The monoisotopic (exact) mass is 415 g/mol. The lowest BCUT2D eigenvalue weighted by Gasteiger charge is -2.31. The average Bonchev–Trinajstić information content (AvgIpc) is 3.15. The fraction of sp³-hybridized carbons (Fsp3) is 0.353. The first-order chi connectivity index (χ1) is 12.8. The van der Waals surface area contributed by atoms with Crippen molar-refractivity contribution in [1.29, 1.82) is 0 Å². The molecule has 0 unspecified atom stereocenters. The number of benzene rings is 1. The number of halogens is 2. The topological polar surface area (TPSA) is 78.5 Å². The molecule has 3 rings (SSSR count). The SMILES string of the molecule is O=C(CN1CCC(NS(=O)(=O)c2cccs2)CC1)Nc1cc(F)ccc1F. The quantitative estimate of drug-likeness (QED) is 0.760. The minimum atomic E-state index is -3.51. The van der Waals surface area contributed by atoms with Crippen molar-refractivity contribution in [3.8, 4) is 0 Å². The third kappa shape index (κ3) is 5.32. The van der Waals surface area contributed by atoms with Crippen LogP contribution in [0.4, 0.5) is 14.5 Å². The summed E-state index contributed by atoms with van der Waals surface area (Å²) in [5.74, 6) is -1.78. The van der Waals surface area contributed by atoms with Crippen molar-refractivity contribution < 1.29 is 22.0 Å². The maximum atomic E-state index is 13.6. The maximum Gasteiger partial charge on any atom is 0.250 e. The number of thiophene rings is 1. The number of carbonyl (C=O) groups is 1. The standard InChI is InChI=1S/C17H19F2N3O3S2/c18-12-3-4-14(19)15(10-12)20-16(23)11-22-7-5-13(6-8-22)21-27(24,25)17-2-1-9-26-17/h1-4,9-10,13,21H,5-8,11H2,(H,20,23). The van der Waals surface area contributed by atoms with E-state index in [1.165, 1.54) is 0 Å². The molecule has 1 aromatic carbocycles. The molecule has 27 heavy (non-hydrogen) atoms. The van der Waals surface area contributed by atoms with Crippen LogP contribution in [0.5, 0.6) is 0 Å². The first-order valence-electron chi connectivity index (χ1n) is 8.36. The molecule has 0 radical (unpaired) electrons. The van der Waals surface area contributed by atoms with Crippen LogP contribution in [0.3, 0.4) is 0 Å². The van der Waals surface area contributed by atoms with Gasteiger partial charge in [-0.2, -0.15) is 0 Å². The van der Waals surface area contributed by atoms with Crippen molar-refractivity contribution in [2.75, 3.05) is 25.0 Å². The van der Waals surface area contributed by atoms with Crippen molar-refractivity contribution in [2.24, 2.45) is 0 Å². The molecular formula is C17H19F2N3O3S2. The second-order valence-electron chi connectivity index (χ2n) is 6.28. The Labute approximate surface area is 160 Å². The van der Waals surface area contributed by atoms with Gasteiger partial charge < -0.3 is 5.32 Å². The van der Waals surface area contributed by atoms with Gasteiger partial charge in [-0.25, -0.2) is 21.9 Å². The Bertz CT molecular complexity index is 896. The zero-order chi connectivity index (χ0) is 19.4. The van der Waals surface area contributed by atoms with Gasteiger partial charge in [0.2, 0.25) is 15.9 Å². The highest BCUT2D eigenvalue weighted by atomic mass is 32.2. The summed E-state index contributed by atoms with van der Waals surface area (Å²) in [6, 6.07) is 5.90. The fourth-order valence-electron chi connectivity index (χ4n) is 2.89. The molecule has 1 aromatic heterocycles. The third-order valence-corrected chi connectivity index (χ3v) is 7.16. The van der Waals surface area contributed by atoms with Crippen molar-refractivity contribution in [3.05, 3.63) is 47.3 Å². The Morgan fingerprint density at radius 1 is 1.22 bits per heavy atom. The van der Waals surface area contributed by atoms with Gasteiger partial charge in [0.1, 0.15) is 15.8 Å². The molecule has 146 valence electrons. The number of amides is 1. The molecule has 0 saturated carbocycles. The first-order valence-corrected chi connectivity index (χ1v) is 10.7. The minimum Gasteiger partial charge on any atom is -0.322 e. The van der Waals surface area contributed by atoms with E-state index in [9.17, 15) is 22.0 Å². The predicted octanol–water partition coefficient (Wildman–Crippen LogP) is 2.41. The molecule has 0 spiro atoms. The summed E-state index contributed by atoms with van der Waals surface area (Å²) in [7, 11) is -3.51. The van der Waals surface area contributed by atoms with Gasteiger partial charge in [-0.05, 0) is 36.4 Å². The molecule has 1 aliphatic heterocycles. The summed E-state index contributed by atoms with van der Waals surface area (Å²) in [6.45, 7) is 1.08. The van der Waals surface area contributed by atoms with E-state index in [-0.39, 0.29) is 22.5 Å². The third-order valence-electron chi connectivity index (χ3n) is 4.24. The number of nitrogens with zero attached hydrogens (tertiary/aromatic N) is 1. The van der Waals surface area contributed by atoms with Crippen LogP contribution < -0.4 is 10.0 Å². The molecule has 6 nitrogen and oxygen atoms in total. The van der Waals surface area contributed by atoms with Crippen LogP contribution >= 0.6 is 11.3 Å². The van der Waals surface area contributed by atoms with E-state index in [0.29, 0.717) is 25.9 Å². The van der Waals surface area contributed by atoms with E-state index in [1.807, 2.05) is 4.90 Å². The summed E-state index contributed by atoms with van der Waals surface area (Å²) >= 11 is 1.16. The van der Waals surface area contributed by atoms with E-state index in [0.717, 1.165) is 29.5 Å². The molecular weight excluding hydrogens is 396 g/mol. The Morgan fingerprint density at radius 3 is 2.63 bits per heavy atom. The van der Waals surface area contributed by atoms with Gasteiger partial charge in [0.05, 0.1) is 12.2 Å². The molecule has 2 aromatic rings. The van der Waals surface area contributed by atoms with E-state index < -0.39 is 27.6 Å². The highest BCUT2D eigenvalue weighted by Gasteiger charge is 2.26. The molecule has 0 aliphatic carbocycles. The van der Waals surface area contributed by atoms with Crippen LogP contribution in [0.2, 0.25) is 0 Å². The van der Waals surface area contributed by atoms with Gasteiger partial charge in [-0.15, -0.1) is 11.3 Å². The average molecular weight is 415 g/mol. The lowest BCUT2D eigenvalue weighted by molar-refractivity contribution is -0.117. The lowest BCUT2D eigenvalue weighted by atomic mass is 10.1. The van der Waals surface area contributed by atoms with Crippen molar-refractivity contribution in [3.63, 3.8) is 0 Å². The second kappa shape index (κ2) is 8.42. The van der Waals surface area contributed by atoms with E-state index >= 15 is 0 Å². The number of hydrogen-bond donors (Lipinski definition) is 2. The van der Waals surface area contributed by atoms with Crippen molar-refractivity contribution in [1.82, 2.24) is 9.62 Å². The Balaban J connectivity index is 1.48. The van der Waals surface area contributed by atoms with Crippen LogP contribution in [0.1, 0.15) is 12.8 Å². The van der Waals surface area contributed by atoms with Crippen LogP contribution in [-0.4, -0.2) is 44.9 Å². The summed E-state index contributed by atoms with van der Waals surface area (Å²) in [6.07, 6.45) is 1.12. The van der Waals surface area contributed by atoms with Gasteiger partial charge in [-0.1, -0.05) is 6.07 Å². The normalized spacial score (nSPS) is 16.4. The number of nitrogens with one attached hydrogen (secondary N) is 2. The smallest absolute Gasteiger partial charge is 0.250 e. The van der Waals surface area contributed by atoms with Gasteiger partial charge >= 0.3 is 0 Å². The Morgan fingerprint density at radius 2 is 1.96 bits per heavy atom.